The van der Waals surface area contributed by atoms with E-state index < -0.39 is 5.41 Å². The van der Waals surface area contributed by atoms with Crippen LogP contribution in [0.5, 0.6) is 5.75 Å². The SMILES string of the molecule is CCOc1c(C)cc(NC(=O)C2(c3ccc(Cl)cc3Cl)CCCCC2)cc1C. The molecule has 0 aliphatic heterocycles. The third kappa shape index (κ3) is 4.16. The molecule has 1 aliphatic carbocycles. The molecule has 1 aliphatic rings. The average Bonchev–Trinajstić information content (AvgIpc) is 2.65. The molecule has 5 heteroatoms. The Morgan fingerprint density at radius 3 is 2.29 bits per heavy atom. The van der Waals surface area contributed by atoms with Gasteiger partial charge >= 0.3 is 0 Å². The van der Waals surface area contributed by atoms with E-state index in [4.69, 9.17) is 27.9 Å². The summed E-state index contributed by atoms with van der Waals surface area (Å²) in [6.07, 6.45) is 4.73. The van der Waals surface area contributed by atoms with Gasteiger partial charge in [0, 0.05) is 15.7 Å². The van der Waals surface area contributed by atoms with Crippen LogP contribution in [0.25, 0.3) is 0 Å². The fourth-order valence-electron chi connectivity index (χ4n) is 4.30. The summed E-state index contributed by atoms with van der Waals surface area (Å²) in [7, 11) is 0. The molecule has 1 saturated carbocycles. The summed E-state index contributed by atoms with van der Waals surface area (Å²) in [6, 6.07) is 9.39. The summed E-state index contributed by atoms with van der Waals surface area (Å²) in [4.78, 5) is 13.5. The van der Waals surface area contributed by atoms with Gasteiger partial charge in [-0.15, -0.1) is 0 Å². The second kappa shape index (κ2) is 8.75. The molecule has 2 aromatic rings. The first-order valence-electron chi connectivity index (χ1n) is 9.88. The van der Waals surface area contributed by atoms with Gasteiger partial charge in [-0.25, -0.2) is 0 Å². The van der Waals surface area contributed by atoms with Gasteiger partial charge in [-0.05, 0) is 74.6 Å². The second-order valence-electron chi connectivity index (χ2n) is 7.59. The van der Waals surface area contributed by atoms with E-state index in [2.05, 4.69) is 5.32 Å². The van der Waals surface area contributed by atoms with Gasteiger partial charge in [0.15, 0.2) is 0 Å². The van der Waals surface area contributed by atoms with Crippen LogP contribution < -0.4 is 10.1 Å². The van der Waals surface area contributed by atoms with E-state index >= 15 is 0 Å². The Labute approximate surface area is 177 Å². The Morgan fingerprint density at radius 1 is 1.07 bits per heavy atom. The molecule has 1 N–H and O–H groups in total. The lowest BCUT2D eigenvalue weighted by molar-refractivity contribution is -0.122. The van der Waals surface area contributed by atoms with E-state index in [1.165, 1.54) is 0 Å². The molecule has 2 aromatic carbocycles. The van der Waals surface area contributed by atoms with E-state index in [0.29, 0.717) is 16.7 Å². The van der Waals surface area contributed by atoms with Crippen molar-refractivity contribution in [3.8, 4) is 5.75 Å². The largest absolute Gasteiger partial charge is 0.493 e. The van der Waals surface area contributed by atoms with Gasteiger partial charge in [-0.2, -0.15) is 0 Å². The zero-order valence-corrected chi connectivity index (χ0v) is 18.2. The topological polar surface area (TPSA) is 38.3 Å². The van der Waals surface area contributed by atoms with Crippen molar-refractivity contribution in [2.45, 2.75) is 58.3 Å². The Balaban J connectivity index is 1.95. The first kappa shape index (κ1) is 21.0. The van der Waals surface area contributed by atoms with Crippen LogP contribution in [0.2, 0.25) is 10.0 Å². The highest BCUT2D eigenvalue weighted by molar-refractivity contribution is 6.35. The van der Waals surface area contributed by atoms with Crippen LogP contribution in [0.3, 0.4) is 0 Å². The van der Waals surface area contributed by atoms with Gasteiger partial charge in [-0.1, -0.05) is 48.5 Å². The summed E-state index contributed by atoms with van der Waals surface area (Å²) >= 11 is 12.6. The highest BCUT2D eigenvalue weighted by Gasteiger charge is 2.42. The Kier molecular flexibility index (Phi) is 6.57. The van der Waals surface area contributed by atoms with Crippen molar-refractivity contribution < 1.29 is 9.53 Å². The van der Waals surface area contributed by atoms with Gasteiger partial charge in [0.2, 0.25) is 5.91 Å². The standard InChI is InChI=1S/C23H27Cl2NO2/c1-4-28-21-15(2)12-18(13-16(21)3)26-22(27)23(10-6-5-7-11-23)19-9-8-17(24)14-20(19)25/h8-9,12-14H,4-7,10-11H2,1-3H3,(H,26,27). The summed E-state index contributed by atoms with van der Waals surface area (Å²) < 4.78 is 5.72. The Hall–Kier alpha value is -1.71. The number of nitrogens with one attached hydrogen (secondary N) is 1. The number of rotatable bonds is 5. The zero-order chi connectivity index (χ0) is 20.3. The molecule has 1 fully saturated rings. The minimum Gasteiger partial charge on any atom is -0.493 e. The van der Waals surface area contributed by atoms with Crippen LogP contribution in [-0.2, 0) is 10.2 Å². The normalized spacial score (nSPS) is 15.9. The molecule has 0 spiro atoms. The molecule has 1 amide bonds. The number of ether oxygens (including phenoxy) is 1. The van der Waals surface area contributed by atoms with Crippen LogP contribution in [0, 0.1) is 13.8 Å². The van der Waals surface area contributed by atoms with Gasteiger partial charge in [0.05, 0.1) is 12.0 Å². The molecule has 0 unspecified atom stereocenters. The molecular formula is C23H27Cl2NO2. The minimum absolute atomic E-state index is 0.000572. The number of aryl methyl sites for hydroxylation is 2. The Morgan fingerprint density at radius 2 is 1.71 bits per heavy atom. The molecule has 0 heterocycles. The first-order chi connectivity index (χ1) is 13.4. The number of amides is 1. The quantitative estimate of drug-likeness (QED) is 0.575. The maximum absolute atomic E-state index is 13.5. The van der Waals surface area contributed by atoms with Crippen molar-refractivity contribution in [1.29, 1.82) is 0 Å². The van der Waals surface area contributed by atoms with E-state index in [-0.39, 0.29) is 5.91 Å². The smallest absolute Gasteiger partial charge is 0.235 e. The van der Waals surface area contributed by atoms with E-state index in [9.17, 15) is 4.79 Å². The molecule has 3 nitrogen and oxygen atoms in total. The molecule has 0 atom stereocenters. The Bertz CT molecular complexity index is 850. The number of carbonyl (C=O) groups excluding carboxylic acids is 1. The van der Waals surface area contributed by atoms with Crippen LogP contribution in [0.15, 0.2) is 30.3 Å². The van der Waals surface area contributed by atoms with Crippen LogP contribution in [-0.4, -0.2) is 12.5 Å². The molecule has 0 radical (unpaired) electrons. The molecule has 0 bridgehead atoms. The zero-order valence-electron chi connectivity index (χ0n) is 16.7. The summed E-state index contributed by atoms with van der Waals surface area (Å²) in [5.41, 5.74) is 3.06. The average molecular weight is 420 g/mol. The lowest BCUT2D eigenvalue weighted by Crippen LogP contribution is -2.42. The van der Waals surface area contributed by atoms with Gasteiger partial charge in [0.1, 0.15) is 5.75 Å². The minimum atomic E-state index is -0.625. The number of hydrogen-bond donors (Lipinski definition) is 1. The second-order valence-corrected chi connectivity index (χ2v) is 8.44. The molecule has 150 valence electrons. The van der Waals surface area contributed by atoms with E-state index in [0.717, 1.165) is 60.2 Å². The maximum atomic E-state index is 13.5. The third-order valence-electron chi connectivity index (χ3n) is 5.60. The number of halogens is 2. The van der Waals surface area contributed by atoms with Crippen molar-refractivity contribution in [3.63, 3.8) is 0 Å². The number of anilines is 1. The van der Waals surface area contributed by atoms with Crippen molar-refractivity contribution in [1.82, 2.24) is 0 Å². The van der Waals surface area contributed by atoms with Gasteiger partial charge in [0.25, 0.3) is 0 Å². The first-order valence-corrected chi connectivity index (χ1v) is 10.6. The number of hydrogen-bond acceptors (Lipinski definition) is 2. The van der Waals surface area contributed by atoms with Crippen molar-refractivity contribution in [2.75, 3.05) is 11.9 Å². The van der Waals surface area contributed by atoms with Crippen molar-refractivity contribution in [2.24, 2.45) is 0 Å². The third-order valence-corrected chi connectivity index (χ3v) is 6.14. The lowest BCUT2D eigenvalue weighted by Gasteiger charge is -2.37. The summed E-state index contributed by atoms with van der Waals surface area (Å²) in [5.74, 6) is 0.882. The fourth-order valence-corrected chi connectivity index (χ4v) is 4.89. The van der Waals surface area contributed by atoms with Crippen LogP contribution in [0.1, 0.15) is 55.7 Å². The van der Waals surface area contributed by atoms with Crippen molar-refractivity contribution in [3.05, 3.63) is 57.1 Å². The van der Waals surface area contributed by atoms with Crippen LogP contribution >= 0.6 is 23.2 Å². The summed E-state index contributed by atoms with van der Waals surface area (Å²) in [5, 5.41) is 4.30. The van der Waals surface area contributed by atoms with Gasteiger partial charge < -0.3 is 10.1 Å². The maximum Gasteiger partial charge on any atom is 0.235 e. The predicted molar refractivity (Wildman–Crippen MR) is 117 cm³/mol. The van der Waals surface area contributed by atoms with E-state index in [1.54, 1.807) is 6.07 Å². The number of benzene rings is 2. The molecule has 3 rings (SSSR count). The lowest BCUT2D eigenvalue weighted by atomic mass is 9.68. The predicted octanol–water partition coefficient (Wildman–Crippen LogP) is 6.85. The van der Waals surface area contributed by atoms with Gasteiger partial charge in [-0.3, -0.25) is 4.79 Å². The van der Waals surface area contributed by atoms with E-state index in [1.807, 2.05) is 45.0 Å². The van der Waals surface area contributed by atoms with Crippen molar-refractivity contribution >= 4 is 34.8 Å². The highest BCUT2D eigenvalue weighted by Crippen LogP contribution is 2.44. The van der Waals surface area contributed by atoms with Crippen LogP contribution in [0.4, 0.5) is 5.69 Å². The fraction of sp³-hybridized carbons (Fsp3) is 0.435. The molecule has 0 saturated heterocycles. The monoisotopic (exact) mass is 419 g/mol. The number of carbonyl (C=O) groups is 1. The highest BCUT2D eigenvalue weighted by atomic mass is 35.5. The molecule has 0 aromatic heterocycles. The molecular weight excluding hydrogens is 393 g/mol. The summed E-state index contributed by atoms with van der Waals surface area (Å²) in [6.45, 7) is 6.59. The molecule has 28 heavy (non-hydrogen) atoms.